The van der Waals surface area contributed by atoms with Crippen molar-refractivity contribution in [3.05, 3.63) is 69.2 Å². The molecule has 1 aromatic heterocycles. The highest BCUT2D eigenvalue weighted by molar-refractivity contribution is 7.18. The number of benzene rings is 2. The van der Waals surface area contributed by atoms with Crippen molar-refractivity contribution >= 4 is 39.7 Å². The predicted molar refractivity (Wildman–Crippen MR) is 151 cm³/mol. The van der Waals surface area contributed by atoms with Crippen LogP contribution in [0.2, 0.25) is 0 Å². The largest absolute Gasteiger partial charge is 0.507 e. The first-order chi connectivity index (χ1) is 19.1. The summed E-state index contributed by atoms with van der Waals surface area (Å²) in [5, 5.41) is 11.8. The lowest BCUT2D eigenvalue weighted by Crippen LogP contribution is -2.29. The van der Waals surface area contributed by atoms with Crippen molar-refractivity contribution in [2.45, 2.75) is 53.2 Å². The zero-order valence-corrected chi connectivity index (χ0v) is 23.8. The number of ketones is 2. The van der Waals surface area contributed by atoms with E-state index in [-0.39, 0.29) is 28.4 Å². The number of hydrogen-bond donors (Lipinski definition) is 1. The first kappa shape index (κ1) is 27.4. The molecule has 5 rings (SSSR count). The lowest BCUT2D eigenvalue weighted by atomic mass is 9.94. The van der Waals surface area contributed by atoms with Crippen LogP contribution in [0.1, 0.15) is 65.8 Å². The van der Waals surface area contributed by atoms with E-state index in [1.54, 1.807) is 43.3 Å². The molecule has 0 saturated carbocycles. The van der Waals surface area contributed by atoms with Gasteiger partial charge in [-0.15, -0.1) is 0 Å². The van der Waals surface area contributed by atoms with Crippen molar-refractivity contribution in [2.75, 3.05) is 18.1 Å². The van der Waals surface area contributed by atoms with E-state index in [1.807, 2.05) is 20.8 Å². The van der Waals surface area contributed by atoms with Gasteiger partial charge in [-0.25, -0.2) is 4.98 Å². The number of aliphatic hydroxyl groups excluding tert-OH is 1. The van der Waals surface area contributed by atoms with E-state index in [0.717, 1.165) is 22.6 Å². The van der Waals surface area contributed by atoms with Crippen LogP contribution in [0.5, 0.6) is 17.2 Å². The molecule has 2 unspecified atom stereocenters. The summed E-state index contributed by atoms with van der Waals surface area (Å²) in [5.41, 5.74) is 2.20. The highest BCUT2D eigenvalue weighted by Gasteiger charge is 2.48. The third-order valence-corrected chi connectivity index (χ3v) is 8.07. The minimum atomic E-state index is -1.02. The maximum Gasteiger partial charge on any atom is 0.301 e. The Morgan fingerprint density at radius 2 is 1.85 bits per heavy atom. The molecule has 2 aliphatic rings. The second kappa shape index (κ2) is 10.8. The quantitative estimate of drug-likeness (QED) is 0.168. The van der Waals surface area contributed by atoms with E-state index < -0.39 is 17.7 Å². The fraction of sp³-hybridized carbons (Fsp3) is 0.333. The summed E-state index contributed by atoms with van der Waals surface area (Å²) in [7, 11) is 0. The summed E-state index contributed by atoms with van der Waals surface area (Å²) in [5.74, 6) is -0.512. The predicted octanol–water partition coefficient (Wildman–Crippen LogP) is 5.40. The normalized spacial score (nSPS) is 19.5. The van der Waals surface area contributed by atoms with Crippen molar-refractivity contribution in [3.63, 3.8) is 0 Å². The molecule has 208 valence electrons. The van der Waals surface area contributed by atoms with Crippen LogP contribution in [-0.2, 0) is 16.0 Å². The number of amides is 1. The van der Waals surface area contributed by atoms with Crippen LogP contribution in [0.25, 0.3) is 5.76 Å². The maximum absolute atomic E-state index is 13.6. The minimum Gasteiger partial charge on any atom is -0.507 e. The van der Waals surface area contributed by atoms with Crippen LogP contribution in [0.3, 0.4) is 0 Å². The van der Waals surface area contributed by atoms with E-state index in [1.165, 1.54) is 11.8 Å². The molecular formula is C30H30N2O7S. The number of aromatic nitrogens is 1. The summed E-state index contributed by atoms with van der Waals surface area (Å²) in [4.78, 5) is 45.5. The Labute approximate surface area is 236 Å². The van der Waals surface area contributed by atoms with Gasteiger partial charge in [-0.1, -0.05) is 17.4 Å². The Morgan fingerprint density at radius 1 is 1.12 bits per heavy atom. The molecule has 1 amide bonds. The first-order valence-corrected chi connectivity index (χ1v) is 13.9. The van der Waals surface area contributed by atoms with Gasteiger partial charge < -0.3 is 19.3 Å². The van der Waals surface area contributed by atoms with Crippen LogP contribution in [0.4, 0.5) is 5.13 Å². The van der Waals surface area contributed by atoms with Crippen LogP contribution in [0, 0.1) is 6.92 Å². The van der Waals surface area contributed by atoms with Gasteiger partial charge in [0, 0.05) is 18.9 Å². The van der Waals surface area contributed by atoms with E-state index >= 15 is 0 Å². The Balaban J connectivity index is 1.71. The molecule has 2 aromatic carbocycles. The van der Waals surface area contributed by atoms with Gasteiger partial charge in [0.15, 0.2) is 22.4 Å². The molecule has 1 saturated heterocycles. The summed E-state index contributed by atoms with van der Waals surface area (Å²) < 4.78 is 17.3. The van der Waals surface area contributed by atoms with Crippen molar-refractivity contribution in [2.24, 2.45) is 0 Å². The number of hydrogen-bond acceptors (Lipinski definition) is 9. The van der Waals surface area contributed by atoms with E-state index in [4.69, 9.17) is 14.2 Å². The number of aliphatic hydroxyl groups is 1. The monoisotopic (exact) mass is 562 g/mol. The van der Waals surface area contributed by atoms with E-state index in [2.05, 4.69) is 4.98 Å². The van der Waals surface area contributed by atoms with Crippen molar-refractivity contribution < 1.29 is 33.7 Å². The fourth-order valence-corrected chi connectivity index (χ4v) is 6.11. The maximum atomic E-state index is 13.6. The number of ether oxygens (including phenoxy) is 3. The van der Waals surface area contributed by atoms with Gasteiger partial charge in [0.2, 0.25) is 0 Å². The summed E-state index contributed by atoms with van der Waals surface area (Å²) in [6.45, 7) is 9.55. The third kappa shape index (κ3) is 4.72. The summed E-state index contributed by atoms with van der Waals surface area (Å²) >= 11 is 1.04. The Bertz CT molecular complexity index is 1560. The molecule has 2 atom stereocenters. The molecule has 2 aliphatic heterocycles. The van der Waals surface area contributed by atoms with Gasteiger partial charge in [0.05, 0.1) is 35.4 Å². The molecular weight excluding hydrogens is 532 g/mol. The topological polar surface area (TPSA) is 115 Å². The Morgan fingerprint density at radius 3 is 2.52 bits per heavy atom. The molecule has 0 radical (unpaired) electrons. The molecule has 0 bridgehead atoms. The Hall–Kier alpha value is -4.18. The fourth-order valence-electron chi connectivity index (χ4n) is 5.12. The zero-order valence-electron chi connectivity index (χ0n) is 22.9. The van der Waals surface area contributed by atoms with Gasteiger partial charge in [-0.2, -0.15) is 0 Å². The molecule has 1 N–H and O–H groups in total. The standard InChI is InChI=1S/C30H30N2O7S/c1-6-37-22-11-8-18(14-23(22)38-7-2)25-24(26(34)19-9-10-21-20(13-19)12-15(3)39-21)27(35)29(36)32(25)30-31-16(4)28(40-30)17(5)33/h8-11,13-15,25,34H,6-7,12H2,1-5H3/b26-24+. The van der Waals surface area contributed by atoms with Crippen molar-refractivity contribution in [1.29, 1.82) is 0 Å². The van der Waals surface area contributed by atoms with Crippen molar-refractivity contribution in [1.82, 2.24) is 4.98 Å². The van der Waals surface area contributed by atoms with E-state index in [9.17, 15) is 19.5 Å². The lowest BCUT2D eigenvalue weighted by molar-refractivity contribution is -0.132. The van der Waals surface area contributed by atoms with Gasteiger partial charge in [-0.05, 0) is 69.2 Å². The van der Waals surface area contributed by atoms with Gasteiger partial charge in [0.25, 0.3) is 5.78 Å². The molecule has 0 aliphatic carbocycles. The second-order valence-electron chi connectivity index (χ2n) is 9.66. The Kier molecular flexibility index (Phi) is 7.37. The molecule has 1 fully saturated rings. The van der Waals surface area contributed by atoms with Crippen molar-refractivity contribution in [3.8, 4) is 17.2 Å². The SMILES string of the molecule is CCOc1ccc(C2/C(=C(\O)c3ccc4c(c3)CC(C)O4)C(=O)C(=O)N2c2nc(C)c(C(C)=O)s2)cc1OCC. The number of carbonyl (C=O) groups excluding carboxylic acids is 3. The average Bonchev–Trinajstić information content (AvgIpc) is 3.57. The summed E-state index contributed by atoms with van der Waals surface area (Å²) in [6, 6.07) is 9.33. The number of thiazole rings is 1. The van der Waals surface area contributed by atoms with Gasteiger partial charge >= 0.3 is 5.91 Å². The zero-order chi connectivity index (χ0) is 28.7. The van der Waals surface area contributed by atoms with Crippen LogP contribution in [-0.4, -0.2) is 46.9 Å². The van der Waals surface area contributed by atoms with Crippen LogP contribution in [0.15, 0.2) is 42.0 Å². The summed E-state index contributed by atoms with van der Waals surface area (Å²) in [6.07, 6.45) is 0.666. The highest BCUT2D eigenvalue weighted by atomic mass is 32.1. The van der Waals surface area contributed by atoms with Gasteiger partial charge in [0.1, 0.15) is 17.6 Å². The van der Waals surface area contributed by atoms with Gasteiger partial charge in [-0.3, -0.25) is 19.3 Å². The number of nitrogens with zero attached hydrogens (tertiary/aromatic N) is 2. The number of carbonyl (C=O) groups is 3. The van der Waals surface area contributed by atoms with E-state index in [0.29, 0.717) is 52.8 Å². The second-order valence-corrected chi connectivity index (χ2v) is 10.6. The molecule has 3 aromatic rings. The molecule has 3 heterocycles. The highest BCUT2D eigenvalue weighted by Crippen LogP contribution is 2.46. The number of fused-ring (bicyclic) bond motifs is 1. The number of Topliss-reactive ketones (excluding diaryl/α,β-unsaturated/α-hetero) is 2. The molecule has 0 spiro atoms. The molecule has 40 heavy (non-hydrogen) atoms. The first-order valence-electron chi connectivity index (χ1n) is 13.1. The average molecular weight is 563 g/mol. The minimum absolute atomic E-state index is 0.00225. The smallest absolute Gasteiger partial charge is 0.301 e. The lowest BCUT2D eigenvalue weighted by Gasteiger charge is -2.24. The van der Waals surface area contributed by atoms with Crippen LogP contribution >= 0.6 is 11.3 Å². The molecule has 9 nitrogen and oxygen atoms in total. The number of rotatable bonds is 8. The van der Waals surface area contributed by atoms with Crippen LogP contribution < -0.4 is 19.1 Å². The number of aryl methyl sites for hydroxylation is 1. The number of anilines is 1. The molecule has 10 heteroatoms. The third-order valence-electron chi connectivity index (χ3n) is 6.81.